The lowest BCUT2D eigenvalue weighted by molar-refractivity contribution is 0.294. The SMILES string of the molecule is Cc1cc(OCc2cccc(COc3cc(C)oc(=O)c3)c2)cc(=O)o1. The highest BCUT2D eigenvalue weighted by Crippen LogP contribution is 2.15. The average molecular weight is 354 g/mol. The second-order valence-electron chi connectivity index (χ2n) is 5.84. The van der Waals surface area contributed by atoms with Crippen LogP contribution < -0.4 is 20.7 Å². The van der Waals surface area contributed by atoms with Crippen LogP contribution in [0.5, 0.6) is 11.5 Å². The third-order valence-corrected chi connectivity index (χ3v) is 3.54. The van der Waals surface area contributed by atoms with Crippen LogP contribution in [0.25, 0.3) is 0 Å². The summed E-state index contributed by atoms with van der Waals surface area (Å²) in [6, 6.07) is 13.6. The third-order valence-electron chi connectivity index (χ3n) is 3.54. The van der Waals surface area contributed by atoms with Gasteiger partial charge in [-0.25, -0.2) is 9.59 Å². The van der Waals surface area contributed by atoms with E-state index in [1.54, 1.807) is 26.0 Å². The van der Waals surface area contributed by atoms with Crippen LogP contribution in [-0.2, 0) is 13.2 Å². The Morgan fingerprint density at radius 1 is 0.731 bits per heavy atom. The van der Waals surface area contributed by atoms with Gasteiger partial charge in [-0.1, -0.05) is 18.2 Å². The number of rotatable bonds is 6. The molecule has 3 rings (SSSR count). The van der Waals surface area contributed by atoms with E-state index in [2.05, 4.69) is 0 Å². The molecule has 0 saturated heterocycles. The summed E-state index contributed by atoms with van der Waals surface area (Å²) in [6.07, 6.45) is 0. The number of hydrogen-bond acceptors (Lipinski definition) is 6. The first-order chi connectivity index (χ1) is 12.5. The van der Waals surface area contributed by atoms with E-state index in [0.717, 1.165) is 11.1 Å². The van der Waals surface area contributed by atoms with Gasteiger partial charge < -0.3 is 18.3 Å². The fourth-order valence-electron chi connectivity index (χ4n) is 2.46. The van der Waals surface area contributed by atoms with Gasteiger partial charge in [-0.15, -0.1) is 0 Å². The van der Waals surface area contributed by atoms with Crippen molar-refractivity contribution in [2.24, 2.45) is 0 Å². The molecule has 0 bridgehead atoms. The smallest absolute Gasteiger partial charge is 0.339 e. The molecule has 0 atom stereocenters. The lowest BCUT2D eigenvalue weighted by Gasteiger charge is -2.09. The van der Waals surface area contributed by atoms with Gasteiger partial charge in [0.25, 0.3) is 0 Å². The first-order valence-corrected chi connectivity index (χ1v) is 8.05. The molecule has 0 fully saturated rings. The summed E-state index contributed by atoms with van der Waals surface area (Å²) >= 11 is 0. The quantitative estimate of drug-likeness (QED) is 0.675. The van der Waals surface area contributed by atoms with Crippen molar-refractivity contribution in [3.63, 3.8) is 0 Å². The predicted octanol–water partition coefficient (Wildman–Crippen LogP) is 3.37. The minimum atomic E-state index is -0.440. The summed E-state index contributed by atoms with van der Waals surface area (Å²) in [5.74, 6) is 1.92. The van der Waals surface area contributed by atoms with Crippen molar-refractivity contribution in [1.29, 1.82) is 0 Å². The highest BCUT2D eigenvalue weighted by molar-refractivity contribution is 5.26. The Kier molecular flexibility index (Phi) is 5.22. The van der Waals surface area contributed by atoms with Crippen LogP contribution in [0.15, 0.2) is 67.0 Å². The summed E-state index contributed by atoms with van der Waals surface area (Å²) in [5, 5.41) is 0. The van der Waals surface area contributed by atoms with E-state index in [9.17, 15) is 9.59 Å². The van der Waals surface area contributed by atoms with Crippen LogP contribution in [0.2, 0.25) is 0 Å². The van der Waals surface area contributed by atoms with Crippen molar-refractivity contribution in [3.8, 4) is 11.5 Å². The maximum absolute atomic E-state index is 11.4. The topological polar surface area (TPSA) is 78.9 Å². The maximum atomic E-state index is 11.4. The molecule has 2 heterocycles. The molecule has 0 radical (unpaired) electrons. The van der Waals surface area contributed by atoms with Gasteiger partial charge in [-0.3, -0.25) is 0 Å². The zero-order valence-corrected chi connectivity index (χ0v) is 14.5. The summed E-state index contributed by atoms with van der Waals surface area (Å²) in [5.41, 5.74) is 0.982. The molecule has 0 unspecified atom stereocenters. The Balaban J connectivity index is 1.64. The fourth-order valence-corrected chi connectivity index (χ4v) is 2.46. The lowest BCUT2D eigenvalue weighted by Crippen LogP contribution is -2.04. The van der Waals surface area contributed by atoms with E-state index >= 15 is 0 Å². The van der Waals surface area contributed by atoms with Gasteiger partial charge in [0.1, 0.15) is 36.2 Å². The molecule has 0 aliphatic heterocycles. The lowest BCUT2D eigenvalue weighted by atomic mass is 10.1. The molecule has 6 heteroatoms. The largest absolute Gasteiger partial charge is 0.489 e. The molecule has 0 amide bonds. The Hall–Kier alpha value is -3.28. The summed E-state index contributed by atoms with van der Waals surface area (Å²) < 4.78 is 21.1. The maximum Gasteiger partial charge on any atom is 0.339 e. The van der Waals surface area contributed by atoms with Gasteiger partial charge in [-0.2, -0.15) is 0 Å². The van der Waals surface area contributed by atoms with E-state index in [4.69, 9.17) is 18.3 Å². The van der Waals surface area contributed by atoms with Crippen molar-refractivity contribution in [3.05, 3.63) is 92.0 Å². The summed E-state index contributed by atoms with van der Waals surface area (Å²) in [4.78, 5) is 22.7. The second-order valence-corrected chi connectivity index (χ2v) is 5.84. The zero-order valence-electron chi connectivity index (χ0n) is 14.5. The van der Waals surface area contributed by atoms with Gasteiger partial charge in [-0.05, 0) is 31.0 Å². The third kappa shape index (κ3) is 4.86. The highest BCUT2D eigenvalue weighted by Gasteiger charge is 2.03. The predicted molar refractivity (Wildman–Crippen MR) is 94.5 cm³/mol. The van der Waals surface area contributed by atoms with Crippen molar-refractivity contribution in [2.45, 2.75) is 27.1 Å². The van der Waals surface area contributed by atoms with E-state index < -0.39 is 11.3 Å². The molecule has 0 aliphatic carbocycles. The van der Waals surface area contributed by atoms with Crippen molar-refractivity contribution >= 4 is 0 Å². The van der Waals surface area contributed by atoms with E-state index in [1.165, 1.54) is 12.1 Å². The molecule has 0 spiro atoms. The molecule has 1 aromatic carbocycles. The average Bonchev–Trinajstić information content (AvgIpc) is 2.57. The number of aryl methyl sites for hydroxylation is 2. The molecule has 0 aliphatic rings. The van der Waals surface area contributed by atoms with Crippen LogP contribution in [0.4, 0.5) is 0 Å². The van der Waals surface area contributed by atoms with Crippen molar-refractivity contribution < 1.29 is 18.3 Å². The van der Waals surface area contributed by atoms with Crippen LogP contribution in [0.3, 0.4) is 0 Å². The Morgan fingerprint density at radius 3 is 1.62 bits per heavy atom. The van der Waals surface area contributed by atoms with Crippen LogP contribution >= 0.6 is 0 Å². The number of benzene rings is 1. The molecule has 0 N–H and O–H groups in total. The minimum absolute atomic E-state index is 0.310. The standard InChI is InChI=1S/C20H18O6/c1-13-6-17(9-19(21)25-13)23-11-15-4-3-5-16(8-15)12-24-18-7-14(2)26-20(22)10-18/h3-10H,11-12H2,1-2H3. The van der Waals surface area contributed by atoms with E-state index in [-0.39, 0.29) is 0 Å². The first-order valence-electron chi connectivity index (χ1n) is 8.05. The van der Waals surface area contributed by atoms with Gasteiger partial charge in [0.05, 0.1) is 12.1 Å². The molecule has 6 nitrogen and oxygen atoms in total. The van der Waals surface area contributed by atoms with Gasteiger partial charge >= 0.3 is 11.3 Å². The zero-order chi connectivity index (χ0) is 18.5. The highest BCUT2D eigenvalue weighted by atomic mass is 16.5. The molecule has 2 aromatic heterocycles. The van der Waals surface area contributed by atoms with Gasteiger partial charge in [0.15, 0.2) is 0 Å². The van der Waals surface area contributed by atoms with Crippen LogP contribution in [0.1, 0.15) is 22.6 Å². The molecular weight excluding hydrogens is 336 g/mol. The number of ether oxygens (including phenoxy) is 2. The van der Waals surface area contributed by atoms with Crippen LogP contribution in [-0.4, -0.2) is 0 Å². The molecule has 26 heavy (non-hydrogen) atoms. The fraction of sp³-hybridized carbons (Fsp3) is 0.200. The monoisotopic (exact) mass is 354 g/mol. The van der Waals surface area contributed by atoms with Gasteiger partial charge in [0, 0.05) is 12.1 Å². The minimum Gasteiger partial charge on any atom is -0.489 e. The Bertz CT molecular complexity index is 936. The summed E-state index contributed by atoms with van der Waals surface area (Å²) in [6.45, 7) is 4.01. The number of hydrogen-bond donors (Lipinski definition) is 0. The van der Waals surface area contributed by atoms with Crippen molar-refractivity contribution in [2.75, 3.05) is 0 Å². The first kappa shape index (κ1) is 17.5. The normalized spacial score (nSPS) is 10.5. The van der Waals surface area contributed by atoms with E-state index in [0.29, 0.717) is 36.2 Å². The second kappa shape index (κ2) is 7.74. The van der Waals surface area contributed by atoms with E-state index in [1.807, 2.05) is 24.3 Å². The molecule has 134 valence electrons. The summed E-state index contributed by atoms with van der Waals surface area (Å²) in [7, 11) is 0. The molecular formula is C20H18O6. The molecule has 3 aromatic rings. The van der Waals surface area contributed by atoms with Crippen LogP contribution in [0, 0.1) is 13.8 Å². The Morgan fingerprint density at radius 2 is 1.19 bits per heavy atom. The molecule has 0 saturated carbocycles. The Labute approximate surface area is 149 Å². The van der Waals surface area contributed by atoms with Crippen molar-refractivity contribution in [1.82, 2.24) is 0 Å². The van der Waals surface area contributed by atoms with Gasteiger partial charge in [0.2, 0.25) is 0 Å².